The lowest BCUT2D eigenvalue weighted by atomic mass is 10.1. The van der Waals surface area contributed by atoms with E-state index >= 15 is 0 Å². The van der Waals surface area contributed by atoms with Gasteiger partial charge >= 0.3 is 0 Å². The highest BCUT2D eigenvalue weighted by atomic mass is 79.9. The van der Waals surface area contributed by atoms with E-state index in [0.29, 0.717) is 6.61 Å². The van der Waals surface area contributed by atoms with E-state index < -0.39 is 0 Å². The zero-order valence-electron chi connectivity index (χ0n) is 16.3. The summed E-state index contributed by atoms with van der Waals surface area (Å²) < 4.78 is 12.8. The highest BCUT2D eigenvalue weighted by Crippen LogP contribution is 2.32. The molecule has 27 heavy (non-hydrogen) atoms. The van der Waals surface area contributed by atoms with Crippen molar-refractivity contribution in [1.29, 1.82) is 0 Å². The number of likely N-dealkylation sites (N-methyl/N-ethyl adjacent to an activating group) is 1. The number of ether oxygens (including phenoxy) is 2. The monoisotopic (exact) mass is 432 g/mol. The van der Waals surface area contributed by atoms with Gasteiger partial charge in [-0.2, -0.15) is 0 Å². The number of halogens is 1. The Balaban J connectivity index is 1.59. The molecule has 0 amide bonds. The Morgan fingerprint density at radius 1 is 1.00 bits per heavy atom. The van der Waals surface area contributed by atoms with Gasteiger partial charge in [-0.25, -0.2) is 0 Å². The normalized spacial score (nSPS) is 15.7. The first-order valence-corrected chi connectivity index (χ1v) is 10.4. The van der Waals surface area contributed by atoms with Gasteiger partial charge in [0.1, 0.15) is 6.61 Å². The molecule has 1 aliphatic heterocycles. The topological polar surface area (TPSA) is 24.9 Å². The Bertz CT molecular complexity index is 713. The molecule has 2 aromatic rings. The number of para-hydroxylation sites is 1. The predicted octanol–water partition coefficient (Wildman–Crippen LogP) is 4.22. The van der Waals surface area contributed by atoms with E-state index in [2.05, 4.69) is 57.0 Å². The number of aryl methyl sites for hydroxylation is 1. The molecule has 0 saturated carbocycles. The van der Waals surface area contributed by atoms with Crippen LogP contribution in [0.25, 0.3) is 0 Å². The van der Waals surface area contributed by atoms with Gasteiger partial charge in [0.2, 0.25) is 0 Å². The van der Waals surface area contributed by atoms with Crippen LogP contribution in [0.4, 0.5) is 0 Å². The second-order valence-corrected chi connectivity index (χ2v) is 8.03. The van der Waals surface area contributed by atoms with Crippen molar-refractivity contribution in [2.45, 2.75) is 19.4 Å². The number of nitrogens with zero attached hydrogens (tertiary/aromatic N) is 2. The summed E-state index contributed by atoms with van der Waals surface area (Å²) in [6.07, 6.45) is 2.13. The molecule has 3 rings (SSSR count). The van der Waals surface area contributed by atoms with E-state index in [1.165, 1.54) is 31.7 Å². The summed E-state index contributed by atoms with van der Waals surface area (Å²) in [6, 6.07) is 14.4. The Labute approximate surface area is 171 Å². The van der Waals surface area contributed by atoms with Crippen molar-refractivity contribution in [3.63, 3.8) is 0 Å². The van der Waals surface area contributed by atoms with Gasteiger partial charge in [-0.15, -0.1) is 0 Å². The molecular formula is C22H29BrN2O2. The standard InChI is InChI=1S/C22H29BrN2O2/c1-24-13-15-25(16-14-24)12-4-6-19-5-3-7-21(26-2)22(19)27-17-18-8-10-20(23)11-9-18/h3,5,7-11H,4,6,12-17H2,1-2H3. The number of piperazine rings is 1. The zero-order chi connectivity index (χ0) is 19.1. The molecule has 1 saturated heterocycles. The van der Waals surface area contributed by atoms with E-state index in [4.69, 9.17) is 9.47 Å². The van der Waals surface area contributed by atoms with Gasteiger partial charge in [0, 0.05) is 30.7 Å². The third-order valence-corrected chi connectivity index (χ3v) is 5.62. The first kappa shape index (κ1) is 20.2. The summed E-state index contributed by atoms with van der Waals surface area (Å²) in [7, 11) is 3.90. The molecule has 0 aliphatic carbocycles. The Kier molecular flexibility index (Phi) is 7.56. The number of rotatable bonds is 8. The molecule has 1 heterocycles. The van der Waals surface area contributed by atoms with Gasteiger partial charge < -0.3 is 19.3 Å². The van der Waals surface area contributed by atoms with E-state index in [0.717, 1.165) is 40.9 Å². The van der Waals surface area contributed by atoms with Crippen LogP contribution >= 0.6 is 15.9 Å². The lowest BCUT2D eigenvalue weighted by Crippen LogP contribution is -2.44. The van der Waals surface area contributed by atoms with Crippen molar-refractivity contribution >= 4 is 15.9 Å². The molecule has 146 valence electrons. The minimum Gasteiger partial charge on any atom is -0.493 e. The summed E-state index contributed by atoms with van der Waals surface area (Å²) >= 11 is 3.47. The molecule has 0 bridgehead atoms. The Morgan fingerprint density at radius 2 is 1.74 bits per heavy atom. The van der Waals surface area contributed by atoms with Crippen molar-refractivity contribution in [2.24, 2.45) is 0 Å². The second kappa shape index (κ2) is 10.1. The maximum atomic E-state index is 6.18. The molecule has 0 N–H and O–H groups in total. The average molecular weight is 433 g/mol. The van der Waals surface area contributed by atoms with Crippen LogP contribution in [0.15, 0.2) is 46.9 Å². The fourth-order valence-electron chi connectivity index (χ4n) is 3.38. The molecule has 4 nitrogen and oxygen atoms in total. The summed E-state index contributed by atoms with van der Waals surface area (Å²) in [5, 5.41) is 0. The molecular weight excluding hydrogens is 404 g/mol. The third kappa shape index (κ3) is 5.96. The van der Waals surface area contributed by atoms with Crippen molar-refractivity contribution < 1.29 is 9.47 Å². The van der Waals surface area contributed by atoms with Crippen LogP contribution < -0.4 is 9.47 Å². The number of hydrogen-bond donors (Lipinski definition) is 0. The minimum atomic E-state index is 0.541. The SMILES string of the molecule is COc1cccc(CCCN2CCN(C)CC2)c1OCc1ccc(Br)cc1. The average Bonchev–Trinajstić information content (AvgIpc) is 2.69. The number of methoxy groups -OCH3 is 1. The van der Waals surface area contributed by atoms with Crippen LogP contribution in [0, 0.1) is 0 Å². The van der Waals surface area contributed by atoms with Crippen molar-refractivity contribution in [1.82, 2.24) is 9.80 Å². The zero-order valence-corrected chi connectivity index (χ0v) is 17.9. The smallest absolute Gasteiger partial charge is 0.164 e. The third-order valence-electron chi connectivity index (χ3n) is 5.09. The fraction of sp³-hybridized carbons (Fsp3) is 0.455. The van der Waals surface area contributed by atoms with E-state index in [1.54, 1.807) is 7.11 Å². The van der Waals surface area contributed by atoms with Gasteiger partial charge in [0.25, 0.3) is 0 Å². The maximum Gasteiger partial charge on any atom is 0.164 e. The fourth-order valence-corrected chi connectivity index (χ4v) is 3.65. The van der Waals surface area contributed by atoms with Crippen LogP contribution in [0.1, 0.15) is 17.5 Å². The predicted molar refractivity (Wildman–Crippen MR) is 114 cm³/mol. The van der Waals surface area contributed by atoms with Crippen molar-refractivity contribution in [3.8, 4) is 11.5 Å². The van der Waals surface area contributed by atoms with Gasteiger partial charge in [0.05, 0.1) is 7.11 Å². The summed E-state index contributed by atoms with van der Waals surface area (Å²) in [5.41, 5.74) is 2.37. The van der Waals surface area contributed by atoms with Crippen molar-refractivity contribution in [2.75, 3.05) is 46.9 Å². The molecule has 0 unspecified atom stereocenters. The largest absolute Gasteiger partial charge is 0.493 e. The molecule has 1 aliphatic rings. The molecule has 0 spiro atoms. The number of benzene rings is 2. The van der Waals surface area contributed by atoms with Gasteiger partial charge in [-0.3, -0.25) is 0 Å². The first-order chi connectivity index (χ1) is 13.2. The lowest BCUT2D eigenvalue weighted by Gasteiger charge is -2.32. The molecule has 1 fully saturated rings. The Hall–Kier alpha value is -1.56. The molecule has 0 radical (unpaired) electrons. The number of hydrogen-bond acceptors (Lipinski definition) is 4. The van der Waals surface area contributed by atoms with Gasteiger partial charge in [-0.1, -0.05) is 40.2 Å². The van der Waals surface area contributed by atoms with Crippen molar-refractivity contribution in [3.05, 3.63) is 58.1 Å². The van der Waals surface area contributed by atoms with Gasteiger partial charge in [-0.05, 0) is 55.8 Å². The summed E-state index contributed by atoms with van der Waals surface area (Å²) in [5.74, 6) is 1.69. The van der Waals surface area contributed by atoms with Crippen LogP contribution in [-0.4, -0.2) is 56.7 Å². The minimum absolute atomic E-state index is 0.541. The molecule has 5 heteroatoms. The second-order valence-electron chi connectivity index (χ2n) is 7.11. The summed E-state index contributed by atoms with van der Waals surface area (Å²) in [4.78, 5) is 4.95. The quantitative estimate of drug-likeness (QED) is 0.623. The first-order valence-electron chi connectivity index (χ1n) is 9.59. The van der Waals surface area contributed by atoms with Crippen LogP contribution in [0.2, 0.25) is 0 Å². The highest BCUT2D eigenvalue weighted by Gasteiger charge is 2.15. The van der Waals surface area contributed by atoms with E-state index in [1.807, 2.05) is 18.2 Å². The summed E-state index contributed by atoms with van der Waals surface area (Å²) in [6.45, 7) is 6.35. The Morgan fingerprint density at radius 3 is 2.44 bits per heavy atom. The molecule has 0 atom stereocenters. The van der Waals surface area contributed by atoms with Crippen LogP contribution in [0.3, 0.4) is 0 Å². The molecule has 2 aromatic carbocycles. The highest BCUT2D eigenvalue weighted by molar-refractivity contribution is 9.10. The lowest BCUT2D eigenvalue weighted by molar-refractivity contribution is 0.153. The van der Waals surface area contributed by atoms with Crippen LogP contribution in [0.5, 0.6) is 11.5 Å². The van der Waals surface area contributed by atoms with Gasteiger partial charge in [0.15, 0.2) is 11.5 Å². The molecule has 0 aromatic heterocycles. The van der Waals surface area contributed by atoms with E-state index in [9.17, 15) is 0 Å². The van der Waals surface area contributed by atoms with E-state index in [-0.39, 0.29) is 0 Å². The van der Waals surface area contributed by atoms with Crippen LogP contribution in [-0.2, 0) is 13.0 Å². The maximum absolute atomic E-state index is 6.18.